The third-order valence-electron chi connectivity index (χ3n) is 4.59. The standard InChI is InChI=1S/C19H18F3N7/c1-13-23-7-5-16(25-13)28-8-10-29(11-9-28)17-12-15(19(20,21)22)26-18(27-17)14-4-2-3-6-24-14/h2-7,12H,8-11H2,1H3. The fourth-order valence-corrected chi connectivity index (χ4v) is 3.14. The van der Waals surface area contributed by atoms with E-state index in [1.165, 1.54) is 6.20 Å². The van der Waals surface area contributed by atoms with Crippen LogP contribution in [0.1, 0.15) is 11.5 Å². The first-order chi connectivity index (χ1) is 13.9. The Morgan fingerprint density at radius 3 is 2.17 bits per heavy atom. The summed E-state index contributed by atoms with van der Waals surface area (Å²) in [5, 5.41) is 0. The Kier molecular flexibility index (Phi) is 4.99. The summed E-state index contributed by atoms with van der Waals surface area (Å²) in [6, 6.07) is 7.79. The average Bonchev–Trinajstić information content (AvgIpc) is 2.73. The molecule has 150 valence electrons. The second-order valence-electron chi connectivity index (χ2n) is 6.58. The first-order valence-electron chi connectivity index (χ1n) is 9.07. The zero-order valence-electron chi connectivity index (χ0n) is 15.6. The molecule has 0 bridgehead atoms. The molecule has 29 heavy (non-hydrogen) atoms. The van der Waals surface area contributed by atoms with Crippen LogP contribution in [-0.4, -0.2) is 51.1 Å². The van der Waals surface area contributed by atoms with E-state index in [1.807, 2.05) is 17.9 Å². The molecule has 0 unspecified atom stereocenters. The summed E-state index contributed by atoms with van der Waals surface area (Å²) in [7, 11) is 0. The Bertz CT molecular complexity index is 987. The molecule has 0 amide bonds. The second kappa shape index (κ2) is 7.61. The molecule has 0 saturated carbocycles. The number of anilines is 2. The largest absolute Gasteiger partial charge is 0.433 e. The van der Waals surface area contributed by atoms with E-state index < -0.39 is 11.9 Å². The molecule has 0 aromatic carbocycles. The molecule has 0 aliphatic carbocycles. The maximum absolute atomic E-state index is 13.4. The number of alkyl halides is 3. The lowest BCUT2D eigenvalue weighted by atomic mass is 10.2. The molecule has 0 radical (unpaired) electrons. The molecule has 1 fully saturated rings. The van der Waals surface area contributed by atoms with Gasteiger partial charge in [0.15, 0.2) is 11.5 Å². The number of aryl methyl sites for hydroxylation is 1. The highest BCUT2D eigenvalue weighted by Crippen LogP contribution is 2.31. The van der Waals surface area contributed by atoms with Gasteiger partial charge in [0.25, 0.3) is 0 Å². The number of nitrogens with zero attached hydrogens (tertiary/aromatic N) is 7. The normalized spacial score (nSPS) is 14.9. The topological polar surface area (TPSA) is 70.9 Å². The van der Waals surface area contributed by atoms with Crippen molar-refractivity contribution in [2.45, 2.75) is 13.1 Å². The molecule has 1 saturated heterocycles. The van der Waals surface area contributed by atoms with E-state index in [4.69, 9.17) is 0 Å². The van der Waals surface area contributed by atoms with E-state index >= 15 is 0 Å². The summed E-state index contributed by atoms with van der Waals surface area (Å²) >= 11 is 0. The monoisotopic (exact) mass is 401 g/mol. The van der Waals surface area contributed by atoms with Gasteiger partial charge in [0.1, 0.15) is 23.2 Å². The van der Waals surface area contributed by atoms with Crippen LogP contribution in [0.25, 0.3) is 11.5 Å². The van der Waals surface area contributed by atoms with Crippen molar-refractivity contribution in [2.75, 3.05) is 36.0 Å². The number of hydrogen-bond donors (Lipinski definition) is 0. The summed E-state index contributed by atoms with van der Waals surface area (Å²) in [6.07, 6.45) is -1.37. The molecule has 10 heteroatoms. The van der Waals surface area contributed by atoms with Crippen LogP contribution in [0.15, 0.2) is 42.7 Å². The summed E-state index contributed by atoms with van der Waals surface area (Å²) in [5.74, 6) is 1.69. The summed E-state index contributed by atoms with van der Waals surface area (Å²) in [6.45, 7) is 4.07. The first-order valence-corrected chi connectivity index (χ1v) is 9.07. The van der Waals surface area contributed by atoms with Gasteiger partial charge < -0.3 is 9.80 Å². The Morgan fingerprint density at radius 2 is 1.55 bits per heavy atom. The number of hydrogen-bond acceptors (Lipinski definition) is 7. The molecule has 0 atom stereocenters. The van der Waals surface area contributed by atoms with Gasteiger partial charge in [-0.1, -0.05) is 6.07 Å². The van der Waals surface area contributed by atoms with E-state index in [2.05, 4.69) is 29.8 Å². The fourth-order valence-electron chi connectivity index (χ4n) is 3.14. The van der Waals surface area contributed by atoms with E-state index in [1.54, 1.807) is 24.4 Å². The molecule has 3 aromatic rings. The zero-order valence-corrected chi connectivity index (χ0v) is 15.6. The second-order valence-corrected chi connectivity index (χ2v) is 6.58. The molecular weight excluding hydrogens is 383 g/mol. The number of piperazine rings is 1. The van der Waals surface area contributed by atoms with Crippen LogP contribution in [-0.2, 0) is 6.18 Å². The van der Waals surface area contributed by atoms with E-state index in [0.29, 0.717) is 37.7 Å². The molecule has 1 aliphatic rings. The van der Waals surface area contributed by atoms with Gasteiger partial charge in [-0.25, -0.2) is 19.9 Å². The molecule has 7 nitrogen and oxygen atoms in total. The maximum Gasteiger partial charge on any atom is 0.433 e. The van der Waals surface area contributed by atoms with Gasteiger partial charge in [-0.15, -0.1) is 0 Å². The lowest BCUT2D eigenvalue weighted by Gasteiger charge is -2.36. The van der Waals surface area contributed by atoms with Gasteiger partial charge >= 0.3 is 6.18 Å². The SMILES string of the molecule is Cc1nccc(N2CCN(c3cc(C(F)(F)F)nc(-c4ccccn4)n3)CC2)n1. The van der Waals surface area contributed by atoms with E-state index in [9.17, 15) is 13.2 Å². The van der Waals surface area contributed by atoms with Gasteiger partial charge in [-0.2, -0.15) is 13.2 Å². The van der Waals surface area contributed by atoms with Crippen LogP contribution in [0, 0.1) is 6.92 Å². The van der Waals surface area contributed by atoms with Crippen LogP contribution >= 0.6 is 0 Å². The zero-order chi connectivity index (χ0) is 20.4. The van der Waals surface area contributed by atoms with Crippen molar-refractivity contribution in [3.05, 3.63) is 54.2 Å². The van der Waals surface area contributed by atoms with Crippen molar-refractivity contribution in [2.24, 2.45) is 0 Å². The van der Waals surface area contributed by atoms with Crippen molar-refractivity contribution < 1.29 is 13.2 Å². The molecule has 4 heterocycles. The summed E-state index contributed by atoms with van der Waals surface area (Å²) < 4.78 is 40.2. The third kappa shape index (κ3) is 4.25. The average molecular weight is 401 g/mol. The fraction of sp³-hybridized carbons (Fsp3) is 0.316. The maximum atomic E-state index is 13.4. The smallest absolute Gasteiger partial charge is 0.353 e. The minimum Gasteiger partial charge on any atom is -0.353 e. The van der Waals surface area contributed by atoms with Crippen molar-refractivity contribution >= 4 is 11.6 Å². The third-order valence-corrected chi connectivity index (χ3v) is 4.59. The summed E-state index contributed by atoms with van der Waals surface area (Å²) in [5.41, 5.74) is -0.674. The van der Waals surface area contributed by atoms with E-state index in [0.717, 1.165) is 11.9 Å². The van der Waals surface area contributed by atoms with Gasteiger partial charge in [-0.05, 0) is 25.1 Å². The van der Waals surface area contributed by atoms with Crippen LogP contribution in [0.3, 0.4) is 0 Å². The molecule has 1 aliphatic heterocycles. The van der Waals surface area contributed by atoms with Crippen LogP contribution in [0.2, 0.25) is 0 Å². The highest BCUT2D eigenvalue weighted by molar-refractivity contribution is 5.55. The Hall–Kier alpha value is -3.30. The molecule has 0 spiro atoms. The minimum absolute atomic E-state index is 0.0377. The van der Waals surface area contributed by atoms with Crippen molar-refractivity contribution in [3.8, 4) is 11.5 Å². The van der Waals surface area contributed by atoms with Crippen LogP contribution in [0.5, 0.6) is 0 Å². The lowest BCUT2D eigenvalue weighted by molar-refractivity contribution is -0.141. The number of rotatable bonds is 3. The quantitative estimate of drug-likeness (QED) is 0.668. The lowest BCUT2D eigenvalue weighted by Crippen LogP contribution is -2.47. The number of aromatic nitrogens is 5. The molecular formula is C19H18F3N7. The first kappa shape index (κ1) is 19.0. The van der Waals surface area contributed by atoms with Crippen molar-refractivity contribution in [3.63, 3.8) is 0 Å². The van der Waals surface area contributed by atoms with Crippen LogP contribution in [0.4, 0.5) is 24.8 Å². The molecule has 0 N–H and O–H groups in total. The number of halogens is 3. The van der Waals surface area contributed by atoms with Crippen LogP contribution < -0.4 is 9.80 Å². The highest BCUT2D eigenvalue weighted by Gasteiger charge is 2.35. The van der Waals surface area contributed by atoms with E-state index in [-0.39, 0.29) is 11.6 Å². The Balaban J connectivity index is 1.60. The predicted octanol–water partition coefficient (Wildman–Crippen LogP) is 2.98. The molecule has 3 aromatic heterocycles. The van der Waals surface area contributed by atoms with Gasteiger partial charge in [0.05, 0.1) is 0 Å². The van der Waals surface area contributed by atoms with Crippen molar-refractivity contribution in [1.29, 1.82) is 0 Å². The predicted molar refractivity (Wildman–Crippen MR) is 101 cm³/mol. The van der Waals surface area contributed by atoms with Gasteiger partial charge in [0.2, 0.25) is 0 Å². The van der Waals surface area contributed by atoms with Gasteiger partial charge in [0, 0.05) is 44.6 Å². The number of pyridine rings is 1. The van der Waals surface area contributed by atoms with Crippen molar-refractivity contribution in [1.82, 2.24) is 24.9 Å². The minimum atomic E-state index is -4.57. The highest BCUT2D eigenvalue weighted by atomic mass is 19.4. The molecule has 4 rings (SSSR count). The Morgan fingerprint density at radius 1 is 0.828 bits per heavy atom. The van der Waals surface area contributed by atoms with Gasteiger partial charge in [-0.3, -0.25) is 4.98 Å². The summed E-state index contributed by atoms with van der Waals surface area (Å²) in [4.78, 5) is 24.5. The Labute approximate surface area is 165 Å².